The van der Waals surface area contributed by atoms with Crippen LogP contribution in [0.4, 0.5) is 11.4 Å². The van der Waals surface area contributed by atoms with Crippen molar-refractivity contribution in [3.8, 4) is 5.75 Å². The predicted octanol–water partition coefficient (Wildman–Crippen LogP) is 5.03. The van der Waals surface area contributed by atoms with Crippen LogP contribution >= 0.6 is 27.5 Å². The summed E-state index contributed by atoms with van der Waals surface area (Å²) >= 11 is 9.46. The summed E-state index contributed by atoms with van der Waals surface area (Å²) in [6.45, 7) is 0. The van der Waals surface area contributed by atoms with Crippen molar-refractivity contribution in [2.75, 3.05) is 23.2 Å². The Morgan fingerprint density at radius 2 is 1.65 bits per heavy atom. The fraction of sp³-hybridized carbons (Fsp3) is 0.0417. The smallest absolute Gasteiger partial charge is 0.328 e. The summed E-state index contributed by atoms with van der Waals surface area (Å²) in [7, 11) is 1.55. The van der Waals surface area contributed by atoms with Crippen LogP contribution in [0.15, 0.2) is 77.3 Å². The Balaban J connectivity index is 1.62. The van der Waals surface area contributed by atoms with Gasteiger partial charge in [0.15, 0.2) is 0 Å². The zero-order valence-corrected chi connectivity index (χ0v) is 20.1. The molecule has 4 rings (SSSR count). The number of rotatable bonds is 5. The number of fused-ring (bicyclic) bond motifs is 1. The summed E-state index contributed by atoms with van der Waals surface area (Å²) in [5.74, 6) is -1.74. The number of methoxy groups -OCH3 is 1. The van der Waals surface area contributed by atoms with Gasteiger partial charge in [0.2, 0.25) is 0 Å². The molecule has 0 saturated heterocycles. The van der Waals surface area contributed by atoms with Crippen molar-refractivity contribution < 1.29 is 19.1 Å². The first-order valence-corrected chi connectivity index (χ1v) is 11.2. The van der Waals surface area contributed by atoms with Gasteiger partial charge in [0, 0.05) is 15.5 Å². The van der Waals surface area contributed by atoms with Crippen LogP contribution in [0.3, 0.4) is 0 Å². The van der Waals surface area contributed by atoms with Crippen molar-refractivity contribution in [3.63, 3.8) is 0 Å². The number of carbonyl (C=O) groups excluding carboxylic acids is 3. The van der Waals surface area contributed by atoms with Crippen molar-refractivity contribution >= 4 is 67.5 Å². The van der Waals surface area contributed by atoms with Crippen molar-refractivity contribution in [2.45, 2.75) is 0 Å². The maximum atomic E-state index is 13.1. The first-order chi connectivity index (χ1) is 16.4. The number of ether oxygens (including phenoxy) is 1. The molecule has 0 aliphatic rings. The van der Waals surface area contributed by atoms with E-state index in [9.17, 15) is 14.4 Å². The second-order valence-corrected chi connectivity index (χ2v) is 8.45. The van der Waals surface area contributed by atoms with Crippen LogP contribution < -0.4 is 20.8 Å². The van der Waals surface area contributed by atoms with Gasteiger partial charge in [0.25, 0.3) is 5.91 Å². The molecule has 0 atom stereocenters. The van der Waals surface area contributed by atoms with Gasteiger partial charge in [-0.25, -0.2) is 4.68 Å². The Morgan fingerprint density at radius 3 is 2.35 bits per heavy atom. The summed E-state index contributed by atoms with van der Waals surface area (Å²) in [5, 5.41) is 6.21. The molecule has 3 amide bonds. The quantitative estimate of drug-likeness (QED) is 0.309. The maximum absolute atomic E-state index is 13.1. The molecule has 8 nitrogen and oxygen atoms in total. The molecule has 0 radical (unpaired) electrons. The number of para-hydroxylation sites is 1. The molecule has 1 aromatic heterocycles. The number of hydrogen-bond acceptors (Lipinski definition) is 4. The molecule has 0 fully saturated rings. The monoisotopic (exact) mass is 540 g/mol. The van der Waals surface area contributed by atoms with E-state index in [-0.39, 0.29) is 5.69 Å². The first kappa shape index (κ1) is 23.3. The van der Waals surface area contributed by atoms with Gasteiger partial charge >= 0.3 is 11.8 Å². The minimum atomic E-state index is -0.973. The Bertz CT molecular complexity index is 1400. The third-order valence-electron chi connectivity index (χ3n) is 4.89. The van der Waals surface area contributed by atoms with Crippen molar-refractivity contribution in [3.05, 3.63) is 88.0 Å². The molecule has 34 heavy (non-hydrogen) atoms. The van der Waals surface area contributed by atoms with Gasteiger partial charge in [-0.05, 0) is 60.7 Å². The Hall–Kier alpha value is -3.82. The van der Waals surface area contributed by atoms with Crippen molar-refractivity contribution in [2.24, 2.45) is 0 Å². The molecule has 0 bridgehead atoms. The Labute approximate surface area is 207 Å². The van der Waals surface area contributed by atoms with E-state index in [1.54, 1.807) is 79.9 Å². The lowest BCUT2D eigenvalue weighted by Crippen LogP contribution is -2.36. The van der Waals surface area contributed by atoms with Crippen molar-refractivity contribution in [1.82, 2.24) is 4.68 Å². The second kappa shape index (κ2) is 9.98. The number of hydrogen-bond donors (Lipinski definition) is 3. The maximum Gasteiger partial charge on any atom is 0.328 e. The average Bonchev–Trinajstić information content (AvgIpc) is 3.18. The highest BCUT2D eigenvalue weighted by Crippen LogP contribution is 2.25. The lowest BCUT2D eigenvalue weighted by Gasteiger charge is -2.13. The molecule has 10 heteroatoms. The minimum absolute atomic E-state index is 0.128. The summed E-state index contributed by atoms with van der Waals surface area (Å²) < 4.78 is 7.20. The highest BCUT2D eigenvalue weighted by Gasteiger charge is 2.21. The molecular weight excluding hydrogens is 524 g/mol. The van der Waals surface area contributed by atoms with Crippen LogP contribution in [0.25, 0.3) is 10.9 Å². The standard InChI is InChI=1S/C24H18BrClN4O4/c1-34-17-9-7-16(8-10-17)27-22(31)21-13-14-12-15(25)6-11-20(14)30(21)29-24(33)23(32)28-19-5-3-2-4-18(19)26/h2-13H,1H3,(H,27,31)(H,28,32)(H,29,33). The lowest BCUT2D eigenvalue weighted by molar-refractivity contribution is -0.133. The van der Waals surface area contributed by atoms with E-state index in [1.807, 2.05) is 0 Å². The molecule has 3 aromatic carbocycles. The largest absolute Gasteiger partial charge is 0.497 e. The predicted molar refractivity (Wildman–Crippen MR) is 135 cm³/mol. The Kier molecular flexibility index (Phi) is 6.85. The van der Waals surface area contributed by atoms with Gasteiger partial charge in [0.05, 0.1) is 23.3 Å². The zero-order valence-electron chi connectivity index (χ0n) is 17.8. The molecular formula is C24H18BrClN4O4. The first-order valence-electron chi connectivity index (χ1n) is 9.99. The van der Waals surface area contributed by atoms with Crippen LogP contribution in [0, 0.1) is 0 Å². The highest BCUT2D eigenvalue weighted by atomic mass is 79.9. The van der Waals surface area contributed by atoms with Gasteiger partial charge in [-0.1, -0.05) is 39.7 Å². The normalized spacial score (nSPS) is 10.6. The number of anilines is 2. The molecule has 172 valence electrons. The van der Waals surface area contributed by atoms with Crippen LogP contribution in [0.2, 0.25) is 5.02 Å². The van der Waals surface area contributed by atoms with E-state index in [1.165, 1.54) is 4.68 Å². The highest BCUT2D eigenvalue weighted by molar-refractivity contribution is 9.10. The molecule has 0 aliphatic carbocycles. The van der Waals surface area contributed by atoms with Gasteiger partial charge in [-0.15, -0.1) is 0 Å². The summed E-state index contributed by atoms with van der Waals surface area (Å²) in [6.07, 6.45) is 0. The number of nitrogens with one attached hydrogen (secondary N) is 3. The van der Waals surface area contributed by atoms with Crippen LogP contribution in [-0.2, 0) is 9.59 Å². The number of benzene rings is 3. The fourth-order valence-electron chi connectivity index (χ4n) is 3.24. The van der Waals surface area contributed by atoms with Crippen LogP contribution in [0.5, 0.6) is 5.75 Å². The fourth-order valence-corrected chi connectivity index (χ4v) is 3.80. The molecule has 0 spiro atoms. The van der Waals surface area contributed by atoms with E-state index in [0.29, 0.717) is 33.0 Å². The molecule has 3 N–H and O–H groups in total. The molecule has 0 saturated carbocycles. The summed E-state index contributed by atoms with van der Waals surface area (Å²) in [5.41, 5.74) is 3.99. The number of amides is 3. The van der Waals surface area contributed by atoms with E-state index >= 15 is 0 Å². The SMILES string of the molecule is COc1ccc(NC(=O)c2cc3cc(Br)ccc3n2NC(=O)C(=O)Nc2ccccc2Cl)cc1. The van der Waals surface area contributed by atoms with Crippen LogP contribution in [0.1, 0.15) is 10.5 Å². The topological polar surface area (TPSA) is 101 Å². The van der Waals surface area contributed by atoms with Crippen molar-refractivity contribution in [1.29, 1.82) is 0 Å². The summed E-state index contributed by atoms with van der Waals surface area (Å²) in [4.78, 5) is 38.3. The summed E-state index contributed by atoms with van der Waals surface area (Å²) in [6, 6.07) is 20.2. The van der Waals surface area contributed by atoms with Gasteiger partial charge < -0.3 is 15.4 Å². The van der Waals surface area contributed by atoms with E-state index in [2.05, 4.69) is 32.0 Å². The average molecular weight is 542 g/mol. The lowest BCUT2D eigenvalue weighted by atomic mass is 10.2. The van der Waals surface area contributed by atoms with E-state index < -0.39 is 17.7 Å². The molecule has 1 heterocycles. The molecule has 0 unspecified atom stereocenters. The number of halogens is 2. The third kappa shape index (κ3) is 5.05. The Morgan fingerprint density at radius 1 is 0.912 bits per heavy atom. The van der Waals surface area contributed by atoms with Gasteiger partial charge in [-0.2, -0.15) is 0 Å². The number of nitrogens with zero attached hydrogens (tertiary/aromatic N) is 1. The number of aromatic nitrogens is 1. The van der Waals surface area contributed by atoms with Gasteiger partial charge in [-0.3, -0.25) is 19.8 Å². The second-order valence-electron chi connectivity index (χ2n) is 7.13. The molecule has 0 aliphatic heterocycles. The minimum Gasteiger partial charge on any atom is -0.497 e. The zero-order chi connectivity index (χ0) is 24.2. The molecule has 4 aromatic rings. The van der Waals surface area contributed by atoms with E-state index in [0.717, 1.165) is 4.47 Å². The van der Waals surface area contributed by atoms with Crippen LogP contribution in [-0.4, -0.2) is 29.5 Å². The van der Waals surface area contributed by atoms with Gasteiger partial charge in [0.1, 0.15) is 11.4 Å². The number of carbonyl (C=O) groups is 3. The third-order valence-corrected chi connectivity index (χ3v) is 5.71. The van der Waals surface area contributed by atoms with E-state index in [4.69, 9.17) is 16.3 Å².